The summed E-state index contributed by atoms with van der Waals surface area (Å²) in [4.78, 5) is 11.2. The number of rotatable bonds is 6. The van der Waals surface area contributed by atoms with Crippen LogP contribution >= 0.6 is 0 Å². The van der Waals surface area contributed by atoms with E-state index < -0.39 is 12.0 Å². The van der Waals surface area contributed by atoms with Gasteiger partial charge in [0.25, 0.3) is 5.91 Å². The van der Waals surface area contributed by atoms with Crippen LogP contribution in [0.4, 0.5) is 0 Å². The second-order valence-electron chi connectivity index (χ2n) is 3.97. The van der Waals surface area contributed by atoms with Gasteiger partial charge in [0.2, 0.25) is 0 Å². The first-order valence-electron chi connectivity index (χ1n) is 5.90. The fourth-order valence-corrected chi connectivity index (χ4v) is 1.61. The number of ether oxygens (including phenoxy) is 1. The zero-order valence-electron chi connectivity index (χ0n) is 10.3. The number of nitrogens with two attached hydrogens (primary N) is 2. The smallest absolute Gasteiger partial charge is 0.258 e. The van der Waals surface area contributed by atoms with Crippen LogP contribution in [0, 0.1) is 0 Å². The zero-order chi connectivity index (χ0) is 12.8. The van der Waals surface area contributed by atoms with E-state index in [2.05, 4.69) is 0 Å². The highest BCUT2D eigenvalue weighted by Gasteiger charge is 2.17. The van der Waals surface area contributed by atoms with E-state index in [1.54, 1.807) is 0 Å². The predicted molar refractivity (Wildman–Crippen MR) is 67.6 cm³/mol. The molecule has 1 amide bonds. The van der Waals surface area contributed by atoms with Crippen molar-refractivity contribution in [3.8, 4) is 5.75 Å². The van der Waals surface area contributed by atoms with Gasteiger partial charge in [0.05, 0.1) is 0 Å². The molecule has 17 heavy (non-hydrogen) atoms. The molecule has 0 heterocycles. The lowest BCUT2D eigenvalue weighted by Crippen LogP contribution is -2.33. The van der Waals surface area contributed by atoms with Gasteiger partial charge in [0.15, 0.2) is 6.10 Å². The van der Waals surface area contributed by atoms with Crippen molar-refractivity contribution in [2.24, 2.45) is 11.5 Å². The average Bonchev–Trinajstić information content (AvgIpc) is 2.35. The van der Waals surface area contributed by atoms with Gasteiger partial charge in [-0.25, -0.2) is 0 Å². The summed E-state index contributed by atoms with van der Waals surface area (Å²) in [5.41, 5.74) is 12.2. The minimum Gasteiger partial charge on any atom is -0.480 e. The second-order valence-corrected chi connectivity index (χ2v) is 3.97. The van der Waals surface area contributed by atoms with Crippen molar-refractivity contribution in [2.45, 2.75) is 38.8 Å². The Morgan fingerprint density at radius 1 is 1.29 bits per heavy atom. The molecular weight excluding hydrogens is 216 g/mol. The first kappa shape index (κ1) is 13.5. The van der Waals surface area contributed by atoms with Crippen LogP contribution in [-0.2, 0) is 4.79 Å². The highest BCUT2D eigenvalue weighted by atomic mass is 16.5. The van der Waals surface area contributed by atoms with Crippen LogP contribution in [0.5, 0.6) is 5.75 Å². The van der Waals surface area contributed by atoms with Gasteiger partial charge in [-0.1, -0.05) is 32.0 Å². The summed E-state index contributed by atoms with van der Waals surface area (Å²) in [6.07, 6.45) is 0.763. The lowest BCUT2D eigenvalue weighted by Gasteiger charge is -2.19. The molecule has 0 aromatic heterocycles. The van der Waals surface area contributed by atoms with Crippen LogP contribution in [0.3, 0.4) is 0 Å². The molecule has 0 aliphatic heterocycles. The molecule has 0 aliphatic rings. The molecule has 4 nitrogen and oxygen atoms in total. The van der Waals surface area contributed by atoms with E-state index in [1.165, 1.54) is 0 Å². The maximum absolute atomic E-state index is 11.2. The molecule has 0 aliphatic carbocycles. The minimum atomic E-state index is -0.597. The molecule has 0 spiro atoms. The molecular formula is C13H20N2O2. The standard InChI is InChI=1S/C13H20N2O2/c1-3-10(14)9-7-5-6-8-12(9)17-11(4-2)13(15)16/h5-8,10-11H,3-4,14H2,1-2H3,(H2,15,16). The van der Waals surface area contributed by atoms with Crippen LogP contribution in [0.1, 0.15) is 38.3 Å². The molecule has 0 bridgehead atoms. The summed E-state index contributed by atoms with van der Waals surface area (Å²) in [5, 5.41) is 0. The predicted octanol–water partition coefficient (Wildman–Crippen LogP) is 1.74. The molecule has 1 rings (SSSR count). The van der Waals surface area contributed by atoms with Gasteiger partial charge in [0, 0.05) is 11.6 Å². The number of benzene rings is 1. The summed E-state index contributed by atoms with van der Waals surface area (Å²) < 4.78 is 5.62. The fraction of sp³-hybridized carbons (Fsp3) is 0.462. The van der Waals surface area contributed by atoms with Crippen molar-refractivity contribution in [3.63, 3.8) is 0 Å². The number of para-hydroxylation sites is 1. The molecule has 1 aromatic carbocycles. The number of carbonyl (C=O) groups is 1. The fourth-order valence-electron chi connectivity index (χ4n) is 1.61. The van der Waals surface area contributed by atoms with E-state index in [4.69, 9.17) is 16.2 Å². The second kappa shape index (κ2) is 6.25. The van der Waals surface area contributed by atoms with Gasteiger partial charge in [-0.2, -0.15) is 0 Å². The topological polar surface area (TPSA) is 78.3 Å². The molecule has 94 valence electrons. The first-order chi connectivity index (χ1) is 8.10. The van der Waals surface area contributed by atoms with Gasteiger partial charge < -0.3 is 16.2 Å². The maximum Gasteiger partial charge on any atom is 0.258 e. The van der Waals surface area contributed by atoms with E-state index in [0.29, 0.717) is 12.2 Å². The van der Waals surface area contributed by atoms with Crippen LogP contribution < -0.4 is 16.2 Å². The normalized spacial score (nSPS) is 14.1. The van der Waals surface area contributed by atoms with Gasteiger partial charge in [0.1, 0.15) is 5.75 Å². The van der Waals surface area contributed by atoms with Crippen LogP contribution in [0.25, 0.3) is 0 Å². The Kier molecular flexibility index (Phi) is 4.97. The molecule has 4 N–H and O–H groups in total. The summed E-state index contributed by atoms with van der Waals surface area (Å²) >= 11 is 0. The lowest BCUT2D eigenvalue weighted by atomic mass is 10.0. The van der Waals surface area contributed by atoms with Crippen LogP contribution in [0.15, 0.2) is 24.3 Å². The van der Waals surface area contributed by atoms with Crippen molar-refractivity contribution >= 4 is 5.91 Å². The van der Waals surface area contributed by atoms with Crippen LogP contribution in [-0.4, -0.2) is 12.0 Å². The van der Waals surface area contributed by atoms with Gasteiger partial charge in [-0.05, 0) is 18.9 Å². The Balaban J connectivity index is 2.93. The largest absolute Gasteiger partial charge is 0.480 e. The number of hydrogen-bond acceptors (Lipinski definition) is 3. The van der Waals surface area contributed by atoms with Crippen molar-refractivity contribution in [1.82, 2.24) is 0 Å². The number of primary amides is 1. The van der Waals surface area contributed by atoms with Crippen molar-refractivity contribution in [1.29, 1.82) is 0 Å². The third kappa shape index (κ3) is 3.46. The molecule has 2 unspecified atom stereocenters. The SMILES string of the molecule is CCC(Oc1ccccc1C(N)CC)C(N)=O. The summed E-state index contributed by atoms with van der Waals surface area (Å²) in [6, 6.07) is 7.41. The monoisotopic (exact) mass is 236 g/mol. The molecule has 0 saturated heterocycles. The van der Waals surface area contributed by atoms with Gasteiger partial charge >= 0.3 is 0 Å². The molecule has 1 aromatic rings. The summed E-state index contributed by atoms with van der Waals surface area (Å²) in [6.45, 7) is 3.87. The minimum absolute atomic E-state index is 0.0865. The van der Waals surface area contributed by atoms with Crippen molar-refractivity contribution < 1.29 is 9.53 Å². The molecule has 4 heteroatoms. The number of amides is 1. The van der Waals surface area contributed by atoms with Gasteiger partial charge in [-0.15, -0.1) is 0 Å². The zero-order valence-corrected chi connectivity index (χ0v) is 10.3. The third-order valence-corrected chi connectivity index (χ3v) is 2.72. The van der Waals surface area contributed by atoms with E-state index in [0.717, 1.165) is 12.0 Å². The Labute approximate surface area is 102 Å². The molecule has 2 atom stereocenters. The van der Waals surface area contributed by atoms with Crippen molar-refractivity contribution in [2.75, 3.05) is 0 Å². The number of carbonyl (C=O) groups excluding carboxylic acids is 1. The quantitative estimate of drug-likeness (QED) is 0.789. The molecule has 0 saturated carbocycles. The Hall–Kier alpha value is -1.55. The Morgan fingerprint density at radius 3 is 2.47 bits per heavy atom. The van der Waals surface area contributed by atoms with Gasteiger partial charge in [-0.3, -0.25) is 4.79 Å². The summed E-state index contributed by atoms with van der Waals surface area (Å²) in [5.74, 6) is 0.194. The van der Waals surface area contributed by atoms with E-state index >= 15 is 0 Å². The third-order valence-electron chi connectivity index (χ3n) is 2.72. The van der Waals surface area contributed by atoms with Crippen molar-refractivity contribution in [3.05, 3.63) is 29.8 Å². The van der Waals surface area contributed by atoms with E-state index in [9.17, 15) is 4.79 Å². The lowest BCUT2D eigenvalue weighted by molar-refractivity contribution is -0.124. The average molecular weight is 236 g/mol. The number of hydrogen-bond donors (Lipinski definition) is 2. The first-order valence-corrected chi connectivity index (χ1v) is 5.90. The molecule has 0 radical (unpaired) electrons. The van der Waals surface area contributed by atoms with E-state index in [1.807, 2.05) is 38.1 Å². The maximum atomic E-state index is 11.2. The van der Waals surface area contributed by atoms with Crippen LogP contribution in [0.2, 0.25) is 0 Å². The van der Waals surface area contributed by atoms with E-state index in [-0.39, 0.29) is 6.04 Å². The Morgan fingerprint density at radius 2 is 1.94 bits per heavy atom. The molecule has 0 fully saturated rings. The summed E-state index contributed by atoms with van der Waals surface area (Å²) in [7, 11) is 0. The Bertz CT molecular complexity index is 379. The highest BCUT2D eigenvalue weighted by Crippen LogP contribution is 2.26. The highest BCUT2D eigenvalue weighted by molar-refractivity contribution is 5.79.